The number of benzene rings is 2. The van der Waals surface area contributed by atoms with Crippen molar-refractivity contribution >= 4 is 29.7 Å². The molecule has 1 aliphatic rings. The molecule has 0 heterocycles. The molecule has 3 N–H and O–H groups in total. The van der Waals surface area contributed by atoms with Gasteiger partial charge in [-0.2, -0.15) is 11.8 Å². The predicted molar refractivity (Wildman–Crippen MR) is 139 cm³/mol. The monoisotopic (exact) mass is 498 g/mol. The van der Waals surface area contributed by atoms with E-state index in [0.717, 1.165) is 0 Å². The van der Waals surface area contributed by atoms with Crippen molar-refractivity contribution in [1.82, 2.24) is 10.6 Å². The lowest BCUT2D eigenvalue weighted by molar-refractivity contribution is -0.141. The quantitative estimate of drug-likeness (QED) is 0.371. The molecule has 2 atom stereocenters. The average Bonchev–Trinajstić information content (AvgIpc) is 3.17. The van der Waals surface area contributed by atoms with E-state index in [2.05, 4.69) is 34.9 Å². The van der Waals surface area contributed by atoms with Gasteiger partial charge in [-0.1, -0.05) is 55.5 Å². The van der Waals surface area contributed by atoms with Crippen molar-refractivity contribution in [2.75, 3.05) is 25.2 Å². The number of carboxylic acids is 1. The van der Waals surface area contributed by atoms with Crippen LogP contribution in [0.1, 0.15) is 49.7 Å². The van der Waals surface area contributed by atoms with Gasteiger partial charge in [0.2, 0.25) is 5.91 Å². The van der Waals surface area contributed by atoms with E-state index in [-0.39, 0.29) is 30.8 Å². The number of carboxylic acid groups (broad SMARTS) is 1. The van der Waals surface area contributed by atoms with Crippen LogP contribution < -0.4 is 10.6 Å². The molecule has 0 bridgehead atoms. The molecule has 1 aliphatic carbocycles. The van der Waals surface area contributed by atoms with E-state index >= 15 is 0 Å². The van der Waals surface area contributed by atoms with E-state index in [9.17, 15) is 19.5 Å². The molecular formula is C27H34N2O5S. The van der Waals surface area contributed by atoms with Gasteiger partial charge in [0.05, 0.1) is 0 Å². The maximum Gasteiger partial charge on any atom is 0.407 e. The second-order valence-corrected chi connectivity index (χ2v) is 9.91. The van der Waals surface area contributed by atoms with Crippen LogP contribution >= 0.6 is 11.8 Å². The summed E-state index contributed by atoms with van der Waals surface area (Å²) >= 11 is 1.55. The van der Waals surface area contributed by atoms with E-state index in [1.54, 1.807) is 11.8 Å². The average molecular weight is 499 g/mol. The fourth-order valence-electron chi connectivity index (χ4n) is 4.35. The van der Waals surface area contributed by atoms with E-state index in [1.807, 2.05) is 37.4 Å². The SMILES string of the molecule is CSCCC(NC(=O)CCC(C)CCNC(=O)OCC1c2ccccc2-c2ccccc21)C(=O)O. The van der Waals surface area contributed by atoms with Crippen molar-refractivity contribution in [3.63, 3.8) is 0 Å². The van der Waals surface area contributed by atoms with Crippen LogP contribution in [0.2, 0.25) is 0 Å². The Morgan fingerprint density at radius 1 is 1.00 bits per heavy atom. The second kappa shape index (κ2) is 13.2. The van der Waals surface area contributed by atoms with Crippen molar-refractivity contribution in [2.45, 2.75) is 44.6 Å². The fraction of sp³-hybridized carbons (Fsp3) is 0.444. The Bertz CT molecular complexity index is 983. The van der Waals surface area contributed by atoms with Crippen LogP contribution in [0.15, 0.2) is 48.5 Å². The summed E-state index contributed by atoms with van der Waals surface area (Å²) in [6, 6.07) is 15.6. The number of fused-ring (bicyclic) bond motifs is 3. The number of hydrogen-bond donors (Lipinski definition) is 3. The van der Waals surface area contributed by atoms with Gasteiger partial charge < -0.3 is 20.5 Å². The molecule has 0 saturated heterocycles. The van der Waals surface area contributed by atoms with E-state index in [0.29, 0.717) is 31.6 Å². The Balaban J connectivity index is 1.36. The summed E-state index contributed by atoms with van der Waals surface area (Å²) in [6.07, 6.45) is 3.44. The Labute approximate surface area is 211 Å². The zero-order chi connectivity index (χ0) is 25.2. The summed E-state index contributed by atoms with van der Waals surface area (Å²) in [4.78, 5) is 35.7. The number of hydrogen-bond acceptors (Lipinski definition) is 5. The van der Waals surface area contributed by atoms with Crippen molar-refractivity contribution < 1.29 is 24.2 Å². The normalized spacial score (nSPS) is 13.9. The van der Waals surface area contributed by atoms with E-state index < -0.39 is 18.1 Å². The minimum absolute atomic E-state index is 0.0242. The number of ether oxygens (including phenoxy) is 1. The van der Waals surface area contributed by atoms with E-state index in [4.69, 9.17) is 4.74 Å². The number of carbonyl (C=O) groups excluding carboxylic acids is 2. The lowest BCUT2D eigenvalue weighted by atomic mass is 9.98. The van der Waals surface area contributed by atoms with Crippen LogP contribution in [0.4, 0.5) is 4.79 Å². The van der Waals surface area contributed by atoms with Crippen molar-refractivity contribution in [1.29, 1.82) is 0 Å². The van der Waals surface area contributed by atoms with Gasteiger partial charge in [0, 0.05) is 18.9 Å². The molecule has 2 aromatic rings. The molecule has 0 aliphatic heterocycles. The Kier molecular flexibility index (Phi) is 10.0. The van der Waals surface area contributed by atoms with Crippen LogP contribution in [0, 0.1) is 5.92 Å². The molecule has 2 aromatic carbocycles. The van der Waals surface area contributed by atoms with Crippen molar-refractivity contribution in [3.05, 3.63) is 59.7 Å². The summed E-state index contributed by atoms with van der Waals surface area (Å²) in [5.74, 6) is -0.363. The highest BCUT2D eigenvalue weighted by Crippen LogP contribution is 2.44. The molecule has 35 heavy (non-hydrogen) atoms. The fourth-order valence-corrected chi connectivity index (χ4v) is 4.82. The maximum atomic E-state index is 12.3. The third-order valence-electron chi connectivity index (χ3n) is 6.36. The Morgan fingerprint density at radius 2 is 1.63 bits per heavy atom. The zero-order valence-corrected chi connectivity index (χ0v) is 21.1. The number of nitrogens with one attached hydrogen (secondary N) is 2. The smallest absolute Gasteiger partial charge is 0.407 e. The molecular weight excluding hydrogens is 464 g/mol. The van der Waals surface area contributed by atoms with Gasteiger partial charge in [-0.15, -0.1) is 0 Å². The summed E-state index contributed by atoms with van der Waals surface area (Å²) < 4.78 is 5.55. The minimum atomic E-state index is -1.01. The van der Waals surface area contributed by atoms with Crippen LogP contribution in [0.3, 0.4) is 0 Å². The van der Waals surface area contributed by atoms with E-state index in [1.165, 1.54) is 22.3 Å². The molecule has 0 spiro atoms. The number of carbonyl (C=O) groups is 3. The van der Waals surface area contributed by atoms with Gasteiger partial charge in [0.1, 0.15) is 12.6 Å². The first kappa shape index (κ1) is 26.6. The van der Waals surface area contributed by atoms with Crippen LogP contribution in [0.25, 0.3) is 11.1 Å². The lowest BCUT2D eigenvalue weighted by Crippen LogP contribution is -2.41. The predicted octanol–water partition coefficient (Wildman–Crippen LogP) is 4.65. The largest absolute Gasteiger partial charge is 0.480 e. The van der Waals surface area contributed by atoms with Gasteiger partial charge in [-0.25, -0.2) is 9.59 Å². The molecule has 0 radical (unpaired) electrons. The highest BCUT2D eigenvalue weighted by atomic mass is 32.2. The molecule has 3 rings (SSSR count). The van der Waals surface area contributed by atoms with Crippen molar-refractivity contribution in [3.8, 4) is 11.1 Å². The number of thioether (sulfide) groups is 1. The second-order valence-electron chi connectivity index (χ2n) is 8.92. The third-order valence-corrected chi connectivity index (χ3v) is 7.00. The minimum Gasteiger partial charge on any atom is -0.480 e. The standard InChI is InChI=1S/C27H34N2O5S/c1-18(11-12-25(30)29-24(26(31)32)14-16-35-2)13-15-28-27(33)34-17-23-21-9-5-3-7-19(21)20-8-4-6-10-22(20)23/h3-10,18,23-24H,11-17H2,1-2H3,(H,28,33)(H,29,30)(H,31,32). The topological polar surface area (TPSA) is 105 Å². The first-order valence-corrected chi connectivity index (χ1v) is 13.4. The number of amides is 2. The van der Waals surface area contributed by atoms with Crippen LogP contribution in [-0.2, 0) is 14.3 Å². The molecule has 0 aromatic heterocycles. The third kappa shape index (κ3) is 7.49. The van der Waals surface area contributed by atoms with Crippen LogP contribution in [-0.4, -0.2) is 54.3 Å². The van der Waals surface area contributed by atoms with Gasteiger partial charge in [-0.3, -0.25) is 4.79 Å². The molecule has 188 valence electrons. The van der Waals surface area contributed by atoms with Crippen molar-refractivity contribution in [2.24, 2.45) is 5.92 Å². The highest BCUT2D eigenvalue weighted by Gasteiger charge is 2.29. The summed E-state index contributed by atoms with van der Waals surface area (Å²) in [6.45, 7) is 2.73. The van der Waals surface area contributed by atoms with Gasteiger partial charge in [0.25, 0.3) is 0 Å². The number of rotatable bonds is 13. The van der Waals surface area contributed by atoms with Gasteiger partial charge >= 0.3 is 12.1 Å². The molecule has 2 unspecified atom stereocenters. The number of aliphatic carboxylic acids is 1. The molecule has 0 fully saturated rings. The van der Waals surface area contributed by atoms with Gasteiger partial charge in [-0.05, 0) is 59.4 Å². The Morgan fingerprint density at radius 3 is 2.23 bits per heavy atom. The maximum absolute atomic E-state index is 12.3. The summed E-state index contributed by atoms with van der Waals surface area (Å²) in [5, 5.41) is 14.6. The zero-order valence-electron chi connectivity index (χ0n) is 20.3. The lowest BCUT2D eigenvalue weighted by Gasteiger charge is -2.16. The summed E-state index contributed by atoms with van der Waals surface area (Å²) in [5.41, 5.74) is 4.72. The molecule has 0 saturated carbocycles. The highest BCUT2D eigenvalue weighted by molar-refractivity contribution is 7.98. The first-order chi connectivity index (χ1) is 16.9. The first-order valence-electron chi connectivity index (χ1n) is 12.0. The van der Waals surface area contributed by atoms with Gasteiger partial charge in [0.15, 0.2) is 0 Å². The Hall–Kier alpha value is -3.00. The number of alkyl carbamates (subject to hydrolysis) is 1. The molecule has 2 amide bonds. The molecule has 8 heteroatoms. The van der Waals surface area contributed by atoms with Crippen LogP contribution in [0.5, 0.6) is 0 Å². The summed E-state index contributed by atoms with van der Waals surface area (Å²) in [7, 11) is 0. The molecule has 7 nitrogen and oxygen atoms in total.